The highest BCUT2D eigenvalue weighted by Gasteiger charge is 2.20. The van der Waals surface area contributed by atoms with Gasteiger partial charge in [0, 0.05) is 30.3 Å². The Kier molecular flexibility index (Phi) is 4.49. The summed E-state index contributed by atoms with van der Waals surface area (Å²) in [6.45, 7) is 4.41. The molecule has 0 spiro atoms. The fraction of sp³-hybridized carbons (Fsp3) is 0.571. The van der Waals surface area contributed by atoms with Crippen LogP contribution in [0.2, 0.25) is 5.02 Å². The minimum absolute atomic E-state index is 0.758. The van der Waals surface area contributed by atoms with E-state index in [9.17, 15) is 0 Å². The summed E-state index contributed by atoms with van der Waals surface area (Å²) in [5, 5.41) is 0.758. The van der Waals surface area contributed by atoms with Gasteiger partial charge < -0.3 is 15.5 Å². The second-order valence-corrected chi connectivity index (χ2v) is 5.89. The molecule has 1 aliphatic rings. The summed E-state index contributed by atoms with van der Waals surface area (Å²) < 4.78 is 0. The summed E-state index contributed by atoms with van der Waals surface area (Å²) in [5.74, 6) is 0.778. The number of nitrogens with two attached hydrogens (primary N) is 1. The molecule has 1 unspecified atom stereocenters. The van der Waals surface area contributed by atoms with Crippen LogP contribution < -0.4 is 5.73 Å². The summed E-state index contributed by atoms with van der Waals surface area (Å²) in [6.07, 6.45) is 1.30. The van der Waals surface area contributed by atoms with E-state index in [1.54, 1.807) is 0 Å². The molecule has 1 heterocycles. The number of benzene rings is 1. The van der Waals surface area contributed by atoms with Crippen LogP contribution in [0.4, 0.5) is 5.69 Å². The van der Waals surface area contributed by atoms with Crippen LogP contribution in [-0.4, -0.2) is 43.5 Å². The van der Waals surface area contributed by atoms with Gasteiger partial charge in [0.1, 0.15) is 0 Å². The highest BCUT2D eigenvalue weighted by atomic mass is 35.5. The number of halogens is 1. The Bertz CT molecular complexity index is 408. The molecule has 1 aromatic rings. The van der Waals surface area contributed by atoms with Gasteiger partial charge in [-0.3, -0.25) is 0 Å². The van der Waals surface area contributed by atoms with Crippen LogP contribution >= 0.6 is 11.6 Å². The third-order valence-electron chi connectivity index (χ3n) is 3.60. The third-order valence-corrected chi connectivity index (χ3v) is 3.84. The number of nitrogens with zero attached hydrogens (tertiary/aromatic N) is 2. The van der Waals surface area contributed by atoms with Crippen molar-refractivity contribution in [2.45, 2.75) is 13.0 Å². The maximum atomic E-state index is 6.01. The number of likely N-dealkylation sites (tertiary alicyclic amines) is 1. The highest BCUT2D eigenvalue weighted by Crippen LogP contribution is 2.21. The third kappa shape index (κ3) is 3.61. The van der Waals surface area contributed by atoms with Crippen LogP contribution in [0.1, 0.15) is 12.0 Å². The van der Waals surface area contributed by atoms with Crippen molar-refractivity contribution in [2.75, 3.05) is 39.5 Å². The highest BCUT2D eigenvalue weighted by molar-refractivity contribution is 6.30. The van der Waals surface area contributed by atoms with E-state index in [0.717, 1.165) is 35.3 Å². The first-order valence-corrected chi connectivity index (χ1v) is 6.83. The molecule has 1 atom stereocenters. The molecule has 0 bridgehead atoms. The Balaban J connectivity index is 1.90. The Morgan fingerprint density at radius 2 is 2.28 bits per heavy atom. The van der Waals surface area contributed by atoms with Gasteiger partial charge in [-0.25, -0.2) is 0 Å². The fourth-order valence-corrected chi connectivity index (χ4v) is 2.88. The molecule has 4 heteroatoms. The molecule has 1 aromatic carbocycles. The van der Waals surface area contributed by atoms with Crippen LogP contribution in [0, 0.1) is 5.92 Å². The predicted octanol–water partition coefficient (Wildman–Crippen LogP) is 2.31. The zero-order valence-electron chi connectivity index (χ0n) is 11.2. The molecule has 3 nitrogen and oxygen atoms in total. The van der Waals surface area contributed by atoms with Crippen molar-refractivity contribution in [3.05, 3.63) is 28.8 Å². The monoisotopic (exact) mass is 267 g/mol. The van der Waals surface area contributed by atoms with Gasteiger partial charge in [0.25, 0.3) is 0 Å². The predicted molar refractivity (Wildman–Crippen MR) is 77.8 cm³/mol. The van der Waals surface area contributed by atoms with Crippen molar-refractivity contribution in [2.24, 2.45) is 5.92 Å². The van der Waals surface area contributed by atoms with Crippen molar-refractivity contribution in [3.8, 4) is 0 Å². The molecule has 1 saturated heterocycles. The summed E-state index contributed by atoms with van der Waals surface area (Å²) in [6, 6.07) is 5.69. The lowest BCUT2D eigenvalue weighted by Crippen LogP contribution is -2.27. The first-order valence-electron chi connectivity index (χ1n) is 6.45. The van der Waals surface area contributed by atoms with E-state index in [4.69, 9.17) is 17.3 Å². The van der Waals surface area contributed by atoms with E-state index in [1.807, 2.05) is 18.2 Å². The molecule has 0 radical (unpaired) electrons. The molecule has 100 valence electrons. The van der Waals surface area contributed by atoms with Gasteiger partial charge in [0.05, 0.1) is 0 Å². The number of hydrogen-bond donors (Lipinski definition) is 1. The number of rotatable bonds is 4. The normalized spacial score (nSPS) is 20.8. The number of nitrogen functional groups attached to an aromatic ring is 1. The standard InChI is InChI=1S/C14H22ClN3/c1-17-6-5-11(8-17)9-18(2)10-12-7-13(15)3-4-14(12)16/h3-4,7,11H,5-6,8-10,16H2,1-2H3. The van der Waals surface area contributed by atoms with Gasteiger partial charge >= 0.3 is 0 Å². The minimum Gasteiger partial charge on any atom is -0.398 e. The summed E-state index contributed by atoms with van der Waals surface area (Å²) in [5.41, 5.74) is 7.92. The van der Waals surface area contributed by atoms with Gasteiger partial charge in [-0.2, -0.15) is 0 Å². The molecule has 1 fully saturated rings. The summed E-state index contributed by atoms with van der Waals surface area (Å²) >= 11 is 6.01. The van der Waals surface area contributed by atoms with Crippen LogP contribution in [0.15, 0.2) is 18.2 Å². The van der Waals surface area contributed by atoms with Crippen LogP contribution in [0.25, 0.3) is 0 Å². The summed E-state index contributed by atoms with van der Waals surface area (Å²) in [4.78, 5) is 4.73. The van der Waals surface area contributed by atoms with Crippen molar-refractivity contribution in [3.63, 3.8) is 0 Å². The fourth-order valence-electron chi connectivity index (χ4n) is 2.68. The Labute approximate surface area is 115 Å². The summed E-state index contributed by atoms with van der Waals surface area (Å²) in [7, 11) is 4.34. The average Bonchev–Trinajstić information content (AvgIpc) is 2.69. The number of hydrogen-bond acceptors (Lipinski definition) is 3. The van der Waals surface area contributed by atoms with Crippen molar-refractivity contribution in [1.29, 1.82) is 0 Å². The van der Waals surface area contributed by atoms with Gasteiger partial charge in [-0.1, -0.05) is 11.6 Å². The number of anilines is 1. The average molecular weight is 268 g/mol. The maximum Gasteiger partial charge on any atom is 0.0410 e. The lowest BCUT2D eigenvalue weighted by molar-refractivity contribution is 0.267. The van der Waals surface area contributed by atoms with Crippen LogP contribution in [0.3, 0.4) is 0 Å². The van der Waals surface area contributed by atoms with Gasteiger partial charge in [-0.15, -0.1) is 0 Å². The zero-order valence-corrected chi connectivity index (χ0v) is 12.0. The second-order valence-electron chi connectivity index (χ2n) is 5.46. The molecule has 0 saturated carbocycles. The molecule has 0 aromatic heterocycles. The SMILES string of the molecule is CN1CCC(CN(C)Cc2cc(Cl)ccc2N)C1. The molecule has 0 aliphatic carbocycles. The Morgan fingerprint density at radius 3 is 2.94 bits per heavy atom. The van der Waals surface area contributed by atoms with Gasteiger partial charge in [0.15, 0.2) is 0 Å². The van der Waals surface area contributed by atoms with Crippen molar-refractivity contribution >= 4 is 17.3 Å². The van der Waals surface area contributed by atoms with Gasteiger partial charge in [-0.05, 0) is 56.7 Å². The van der Waals surface area contributed by atoms with Gasteiger partial charge in [0.2, 0.25) is 0 Å². The van der Waals surface area contributed by atoms with Crippen molar-refractivity contribution in [1.82, 2.24) is 9.80 Å². The first-order chi connectivity index (χ1) is 8.54. The first kappa shape index (κ1) is 13.7. The Morgan fingerprint density at radius 1 is 1.50 bits per heavy atom. The Hall–Kier alpha value is -0.770. The molecule has 2 rings (SSSR count). The zero-order chi connectivity index (χ0) is 13.1. The molecule has 18 heavy (non-hydrogen) atoms. The van der Waals surface area contributed by atoms with Crippen LogP contribution in [0.5, 0.6) is 0 Å². The molecular weight excluding hydrogens is 246 g/mol. The topological polar surface area (TPSA) is 32.5 Å². The molecule has 1 aliphatic heterocycles. The van der Waals surface area contributed by atoms with E-state index in [-0.39, 0.29) is 0 Å². The quantitative estimate of drug-likeness (QED) is 0.850. The second kappa shape index (κ2) is 5.91. The van der Waals surface area contributed by atoms with E-state index in [1.165, 1.54) is 19.5 Å². The lowest BCUT2D eigenvalue weighted by atomic mass is 10.1. The molecular formula is C14H22ClN3. The van der Waals surface area contributed by atoms with E-state index in [2.05, 4.69) is 23.9 Å². The van der Waals surface area contributed by atoms with Crippen molar-refractivity contribution < 1.29 is 0 Å². The van der Waals surface area contributed by atoms with E-state index >= 15 is 0 Å². The largest absolute Gasteiger partial charge is 0.398 e. The van der Waals surface area contributed by atoms with E-state index in [0.29, 0.717) is 0 Å². The maximum absolute atomic E-state index is 6.01. The lowest BCUT2D eigenvalue weighted by Gasteiger charge is -2.21. The molecule has 2 N–H and O–H groups in total. The van der Waals surface area contributed by atoms with Crippen LogP contribution in [-0.2, 0) is 6.54 Å². The smallest absolute Gasteiger partial charge is 0.0410 e. The van der Waals surface area contributed by atoms with E-state index < -0.39 is 0 Å². The minimum atomic E-state index is 0.758. The molecule has 0 amide bonds.